The summed E-state index contributed by atoms with van der Waals surface area (Å²) < 4.78 is 5.11. The highest BCUT2D eigenvalue weighted by Crippen LogP contribution is 2.27. The first-order chi connectivity index (χ1) is 10.1. The Kier molecular flexibility index (Phi) is 5.06. The van der Waals surface area contributed by atoms with Gasteiger partial charge in [0.2, 0.25) is 5.91 Å². The van der Waals surface area contributed by atoms with E-state index in [1.807, 2.05) is 24.3 Å². The van der Waals surface area contributed by atoms with Gasteiger partial charge in [-0.05, 0) is 36.2 Å². The molecule has 0 unspecified atom stereocenters. The summed E-state index contributed by atoms with van der Waals surface area (Å²) in [5, 5.41) is 3.33. The van der Waals surface area contributed by atoms with Gasteiger partial charge in [-0.2, -0.15) is 0 Å². The van der Waals surface area contributed by atoms with Gasteiger partial charge in [-0.15, -0.1) is 0 Å². The van der Waals surface area contributed by atoms with Gasteiger partial charge < -0.3 is 15.8 Å². The third-order valence-corrected chi connectivity index (χ3v) is 3.34. The zero-order chi connectivity index (χ0) is 15.2. The summed E-state index contributed by atoms with van der Waals surface area (Å²) in [6.07, 6.45) is 1.02. The van der Waals surface area contributed by atoms with E-state index in [9.17, 15) is 4.79 Å². The molecule has 3 N–H and O–H groups in total. The van der Waals surface area contributed by atoms with Crippen LogP contribution in [0.4, 0.5) is 11.4 Å². The summed E-state index contributed by atoms with van der Waals surface area (Å²) in [6.45, 7) is 0. The van der Waals surface area contributed by atoms with Gasteiger partial charge in [0.1, 0.15) is 5.75 Å². The van der Waals surface area contributed by atoms with Crippen molar-refractivity contribution in [3.05, 3.63) is 53.1 Å². The average Bonchev–Trinajstić information content (AvgIpc) is 2.47. The van der Waals surface area contributed by atoms with Crippen molar-refractivity contribution in [1.29, 1.82) is 0 Å². The van der Waals surface area contributed by atoms with Crippen LogP contribution in [0.15, 0.2) is 42.5 Å². The summed E-state index contributed by atoms with van der Waals surface area (Å²) in [7, 11) is 1.53. The SMILES string of the molecule is COc1cc(NC(=O)CCc2cccc(N)c2)ccc1Cl. The largest absolute Gasteiger partial charge is 0.495 e. The van der Waals surface area contributed by atoms with E-state index >= 15 is 0 Å². The third kappa shape index (κ3) is 4.39. The number of amides is 1. The maximum Gasteiger partial charge on any atom is 0.224 e. The molecule has 2 aromatic carbocycles. The van der Waals surface area contributed by atoms with Gasteiger partial charge in [0, 0.05) is 23.9 Å². The van der Waals surface area contributed by atoms with Crippen molar-refractivity contribution in [2.75, 3.05) is 18.2 Å². The van der Waals surface area contributed by atoms with Crippen molar-refractivity contribution in [2.24, 2.45) is 0 Å². The molecule has 21 heavy (non-hydrogen) atoms. The van der Waals surface area contributed by atoms with Crippen LogP contribution in [-0.2, 0) is 11.2 Å². The Morgan fingerprint density at radius 1 is 1.29 bits per heavy atom. The van der Waals surface area contributed by atoms with E-state index in [1.165, 1.54) is 7.11 Å². The van der Waals surface area contributed by atoms with Gasteiger partial charge in [-0.25, -0.2) is 0 Å². The van der Waals surface area contributed by atoms with Gasteiger partial charge >= 0.3 is 0 Å². The predicted octanol–water partition coefficient (Wildman–Crippen LogP) is 3.50. The normalized spacial score (nSPS) is 10.2. The van der Waals surface area contributed by atoms with Crippen molar-refractivity contribution in [2.45, 2.75) is 12.8 Å². The minimum absolute atomic E-state index is 0.0678. The number of nitrogen functional groups attached to an aromatic ring is 1. The molecular weight excluding hydrogens is 288 g/mol. The maximum atomic E-state index is 11.9. The number of halogens is 1. The Balaban J connectivity index is 1.93. The van der Waals surface area contributed by atoms with Crippen LogP contribution in [0.2, 0.25) is 5.02 Å². The number of ether oxygens (including phenoxy) is 1. The molecule has 0 atom stereocenters. The first-order valence-corrected chi connectivity index (χ1v) is 6.94. The van der Waals surface area contributed by atoms with Gasteiger partial charge in [0.05, 0.1) is 12.1 Å². The predicted molar refractivity (Wildman–Crippen MR) is 85.8 cm³/mol. The van der Waals surface area contributed by atoms with E-state index in [0.717, 1.165) is 5.56 Å². The molecule has 0 heterocycles. The Labute approximate surface area is 128 Å². The van der Waals surface area contributed by atoms with Gasteiger partial charge in [-0.1, -0.05) is 23.7 Å². The highest BCUT2D eigenvalue weighted by atomic mass is 35.5. The summed E-state index contributed by atoms with van der Waals surface area (Å²) in [5.41, 5.74) is 8.11. The highest BCUT2D eigenvalue weighted by molar-refractivity contribution is 6.32. The molecule has 0 bridgehead atoms. The molecule has 2 aromatic rings. The standard InChI is InChI=1S/C16H17ClN2O2/c1-21-15-10-13(6-7-14(15)17)19-16(20)8-5-11-3-2-4-12(18)9-11/h2-4,6-7,9-10H,5,8,18H2,1H3,(H,19,20). The van der Waals surface area contributed by atoms with Crippen LogP contribution in [-0.4, -0.2) is 13.0 Å². The molecule has 110 valence electrons. The van der Waals surface area contributed by atoms with E-state index in [0.29, 0.717) is 35.0 Å². The van der Waals surface area contributed by atoms with Crippen LogP contribution in [0.25, 0.3) is 0 Å². The quantitative estimate of drug-likeness (QED) is 0.831. The number of methoxy groups -OCH3 is 1. The molecule has 0 saturated carbocycles. The minimum Gasteiger partial charge on any atom is -0.495 e. The van der Waals surface area contributed by atoms with Crippen molar-refractivity contribution in [1.82, 2.24) is 0 Å². The van der Waals surface area contributed by atoms with Crippen LogP contribution >= 0.6 is 11.6 Å². The number of carbonyl (C=O) groups excluding carboxylic acids is 1. The molecule has 0 radical (unpaired) electrons. The number of nitrogens with one attached hydrogen (secondary N) is 1. The molecule has 5 heteroatoms. The van der Waals surface area contributed by atoms with E-state index in [-0.39, 0.29) is 5.91 Å². The number of anilines is 2. The van der Waals surface area contributed by atoms with Crippen LogP contribution in [0.1, 0.15) is 12.0 Å². The second-order valence-electron chi connectivity index (χ2n) is 4.64. The smallest absolute Gasteiger partial charge is 0.224 e. The van der Waals surface area contributed by atoms with E-state index < -0.39 is 0 Å². The van der Waals surface area contributed by atoms with E-state index in [4.69, 9.17) is 22.1 Å². The van der Waals surface area contributed by atoms with Gasteiger partial charge in [0.25, 0.3) is 0 Å². The van der Waals surface area contributed by atoms with Crippen molar-refractivity contribution < 1.29 is 9.53 Å². The summed E-state index contributed by atoms with van der Waals surface area (Å²) in [6, 6.07) is 12.7. The lowest BCUT2D eigenvalue weighted by atomic mass is 10.1. The topological polar surface area (TPSA) is 64.3 Å². The molecule has 0 aliphatic rings. The Morgan fingerprint density at radius 2 is 2.10 bits per heavy atom. The maximum absolute atomic E-state index is 11.9. The number of nitrogens with two attached hydrogens (primary N) is 1. The lowest BCUT2D eigenvalue weighted by molar-refractivity contribution is -0.116. The number of benzene rings is 2. The molecule has 0 aliphatic heterocycles. The van der Waals surface area contributed by atoms with Crippen LogP contribution in [0, 0.1) is 0 Å². The zero-order valence-corrected chi connectivity index (χ0v) is 12.5. The Hall–Kier alpha value is -2.20. The Morgan fingerprint density at radius 3 is 2.81 bits per heavy atom. The summed E-state index contributed by atoms with van der Waals surface area (Å²) in [5.74, 6) is 0.465. The van der Waals surface area contributed by atoms with E-state index in [1.54, 1.807) is 18.2 Å². The molecule has 0 fully saturated rings. The zero-order valence-electron chi connectivity index (χ0n) is 11.7. The monoisotopic (exact) mass is 304 g/mol. The minimum atomic E-state index is -0.0678. The van der Waals surface area contributed by atoms with Gasteiger partial charge in [-0.3, -0.25) is 4.79 Å². The van der Waals surface area contributed by atoms with Crippen LogP contribution in [0.3, 0.4) is 0 Å². The number of hydrogen-bond acceptors (Lipinski definition) is 3. The highest BCUT2D eigenvalue weighted by Gasteiger charge is 2.06. The second-order valence-corrected chi connectivity index (χ2v) is 5.05. The van der Waals surface area contributed by atoms with Crippen LogP contribution < -0.4 is 15.8 Å². The Bertz CT molecular complexity index is 644. The van der Waals surface area contributed by atoms with Crippen molar-refractivity contribution in [3.63, 3.8) is 0 Å². The lowest BCUT2D eigenvalue weighted by Gasteiger charge is -2.08. The first kappa shape index (κ1) is 15.2. The molecule has 0 aliphatic carbocycles. The van der Waals surface area contributed by atoms with Crippen molar-refractivity contribution >= 4 is 28.9 Å². The van der Waals surface area contributed by atoms with Gasteiger partial charge in [0.15, 0.2) is 0 Å². The van der Waals surface area contributed by atoms with E-state index in [2.05, 4.69) is 5.32 Å². The fraction of sp³-hybridized carbons (Fsp3) is 0.188. The third-order valence-electron chi connectivity index (χ3n) is 3.03. The van der Waals surface area contributed by atoms with Crippen molar-refractivity contribution in [3.8, 4) is 5.75 Å². The number of hydrogen-bond donors (Lipinski definition) is 2. The number of rotatable bonds is 5. The average molecular weight is 305 g/mol. The molecule has 0 spiro atoms. The number of carbonyl (C=O) groups is 1. The summed E-state index contributed by atoms with van der Waals surface area (Å²) in [4.78, 5) is 11.9. The molecular formula is C16H17ClN2O2. The number of aryl methyl sites for hydroxylation is 1. The lowest BCUT2D eigenvalue weighted by Crippen LogP contribution is -2.12. The molecule has 2 rings (SSSR count). The molecule has 0 aromatic heterocycles. The molecule has 1 amide bonds. The molecule has 4 nitrogen and oxygen atoms in total. The second kappa shape index (κ2) is 6.99. The summed E-state index contributed by atoms with van der Waals surface area (Å²) >= 11 is 5.94. The molecule has 0 saturated heterocycles. The fourth-order valence-electron chi connectivity index (χ4n) is 1.97. The van der Waals surface area contributed by atoms with Crippen LogP contribution in [0.5, 0.6) is 5.75 Å². The fourth-order valence-corrected chi connectivity index (χ4v) is 2.16. The first-order valence-electron chi connectivity index (χ1n) is 6.56.